The van der Waals surface area contributed by atoms with Crippen LogP contribution in [0.1, 0.15) is 26.3 Å². The molecule has 0 amide bonds. The molecule has 1 aromatic rings. The number of aliphatic hydroxyl groups excluding tert-OH is 2. The summed E-state index contributed by atoms with van der Waals surface area (Å²) in [6.07, 6.45) is -0.894. The lowest BCUT2D eigenvalue weighted by Crippen LogP contribution is -2.25. The molecule has 1 rings (SSSR count). The highest BCUT2D eigenvalue weighted by atomic mass is 32.2. The van der Waals surface area contributed by atoms with Crippen LogP contribution in [0.3, 0.4) is 0 Å². The largest absolute Gasteiger partial charge is 0.389 e. The SMILES string of the molecule is Cc1ccc(S(=O)(=O)/C(=C/C(C)O)C(O)C(C)C)cc1. The van der Waals surface area contributed by atoms with Gasteiger partial charge in [-0.2, -0.15) is 0 Å². The van der Waals surface area contributed by atoms with Crippen molar-refractivity contribution in [1.82, 2.24) is 0 Å². The fourth-order valence-electron chi connectivity index (χ4n) is 1.77. The molecule has 0 radical (unpaired) electrons. The molecule has 5 heteroatoms. The van der Waals surface area contributed by atoms with Crippen molar-refractivity contribution in [1.29, 1.82) is 0 Å². The first-order valence-electron chi connectivity index (χ1n) is 6.56. The van der Waals surface area contributed by atoms with E-state index < -0.39 is 22.0 Å². The molecule has 2 unspecified atom stereocenters. The number of aliphatic hydroxyl groups is 2. The van der Waals surface area contributed by atoms with Crippen molar-refractivity contribution >= 4 is 9.84 Å². The minimum absolute atomic E-state index is 0.120. The van der Waals surface area contributed by atoms with Crippen LogP contribution in [-0.2, 0) is 9.84 Å². The second-order valence-electron chi connectivity index (χ2n) is 5.31. The molecule has 0 aromatic heterocycles. The van der Waals surface area contributed by atoms with E-state index >= 15 is 0 Å². The van der Waals surface area contributed by atoms with E-state index in [1.165, 1.54) is 25.1 Å². The van der Waals surface area contributed by atoms with Gasteiger partial charge in [-0.3, -0.25) is 0 Å². The zero-order valence-electron chi connectivity index (χ0n) is 12.2. The van der Waals surface area contributed by atoms with Gasteiger partial charge in [0.2, 0.25) is 9.84 Å². The highest BCUT2D eigenvalue weighted by Crippen LogP contribution is 2.26. The average molecular weight is 298 g/mol. The maximum Gasteiger partial charge on any atom is 0.205 e. The Hall–Kier alpha value is -1.17. The Morgan fingerprint density at radius 3 is 2.00 bits per heavy atom. The third-order valence-electron chi connectivity index (χ3n) is 2.97. The van der Waals surface area contributed by atoms with Crippen LogP contribution in [0.5, 0.6) is 0 Å². The van der Waals surface area contributed by atoms with Crippen LogP contribution in [0, 0.1) is 12.8 Å². The van der Waals surface area contributed by atoms with Gasteiger partial charge >= 0.3 is 0 Å². The number of hydrogen-bond acceptors (Lipinski definition) is 4. The summed E-state index contributed by atoms with van der Waals surface area (Å²) >= 11 is 0. The Kier molecular flexibility index (Phi) is 5.50. The Labute approximate surface area is 120 Å². The Morgan fingerprint density at radius 1 is 1.10 bits per heavy atom. The van der Waals surface area contributed by atoms with Gasteiger partial charge in [0.15, 0.2) is 0 Å². The fourth-order valence-corrected chi connectivity index (χ4v) is 3.50. The third-order valence-corrected chi connectivity index (χ3v) is 4.86. The van der Waals surface area contributed by atoms with Crippen LogP contribution in [0.25, 0.3) is 0 Å². The van der Waals surface area contributed by atoms with Gasteiger partial charge in [0.25, 0.3) is 0 Å². The molecule has 0 spiro atoms. The van der Waals surface area contributed by atoms with E-state index in [1.807, 2.05) is 6.92 Å². The lowest BCUT2D eigenvalue weighted by molar-refractivity contribution is 0.164. The van der Waals surface area contributed by atoms with Gasteiger partial charge in [0.1, 0.15) is 0 Å². The van der Waals surface area contributed by atoms with E-state index in [4.69, 9.17) is 0 Å². The van der Waals surface area contributed by atoms with E-state index in [-0.39, 0.29) is 15.7 Å². The van der Waals surface area contributed by atoms with Gasteiger partial charge < -0.3 is 10.2 Å². The maximum atomic E-state index is 12.6. The van der Waals surface area contributed by atoms with Gasteiger partial charge in [-0.25, -0.2) is 8.42 Å². The highest BCUT2D eigenvalue weighted by molar-refractivity contribution is 7.95. The molecule has 0 aliphatic carbocycles. The van der Waals surface area contributed by atoms with Crippen molar-refractivity contribution in [3.05, 3.63) is 40.8 Å². The second-order valence-corrected chi connectivity index (χ2v) is 7.26. The van der Waals surface area contributed by atoms with Gasteiger partial charge in [0.05, 0.1) is 22.0 Å². The molecule has 0 heterocycles. The average Bonchev–Trinajstić information content (AvgIpc) is 2.35. The minimum atomic E-state index is -3.81. The van der Waals surface area contributed by atoms with Crippen molar-refractivity contribution in [2.24, 2.45) is 5.92 Å². The first-order chi connectivity index (χ1) is 9.16. The Balaban J connectivity index is 3.36. The van der Waals surface area contributed by atoms with Crippen LogP contribution in [0.4, 0.5) is 0 Å². The van der Waals surface area contributed by atoms with Gasteiger partial charge in [-0.05, 0) is 38.0 Å². The van der Waals surface area contributed by atoms with Crippen molar-refractivity contribution in [3.8, 4) is 0 Å². The van der Waals surface area contributed by atoms with Crippen molar-refractivity contribution in [3.63, 3.8) is 0 Å². The van der Waals surface area contributed by atoms with Gasteiger partial charge in [-0.15, -0.1) is 0 Å². The topological polar surface area (TPSA) is 74.6 Å². The van der Waals surface area contributed by atoms with E-state index in [0.717, 1.165) is 5.56 Å². The Morgan fingerprint density at radius 2 is 1.60 bits per heavy atom. The summed E-state index contributed by atoms with van der Waals surface area (Å²) in [6, 6.07) is 6.42. The second kappa shape index (κ2) is 6.52. The smallest absolute Gasteiger partial charge is 0.205 e. The summed E-state index contributed by atoms with van der Waals surface area (Å²) in [4.78, 5) is -0.0268. The van der Waals surface area contributed by atoms with Crippen molar-refractivity contribution in [2.75, 3.05) is 0 Å². The van der Waals surface area contributed by atoms with E-state index in [9.17, 15) is 18.6 Å². The quantitative estimate of drug-likeness (QED) is 0.872. The van der Waals surface area contributed by atoms with Crippen molar-refractivity contribution in [2.45, 2.75) is 44.8 Å². The molecule has 20 heavy (non-hydrogen) atoms. The lowest BCUT2D eigenvalue weighted by Gasteiger charge is -2.19. The summed E-state index contributed by atoms with van der Waals surface area (Å²) in [5, 5.41) is 19.6. The predicted octanol–water partition coefficient (Wildman–Crippen LogP) is 2.05. The third kappa shape index (κ3) is 3.91. The summed E-state index contributed by atoms with van der Waals surface area (Å²) in [5.74, 6) is -0.264. The van der Waals surface area contributed by atoms with Crippen LogP contribution in [0.2, 0.25) is 0 Å². The summed E-state index contributed by atoms with van der Waals surface area (Å²) in [7, 11) is -3.81. The van der Waals surface area contributed by atoms with Crippen LogP contribution < -0.4 is 0 Å². The first-order valence-corrected chi connectivity index (χ1v) is 8.04. The molecule has 0 saturated carbocycles. The lowest BCUT2D eigenvalue weighted by atomic mass is 10.1. The number of sulfone groups is 1. The highest BCUT2D eigenvalue weighted by Gasteiger charge is 2.29. The number of hydrogen-bond donors (Lipinski definition) is 2. The van der Waals surface area contributed by atoms with Crippen LogP contribution in [0.15, 0.2) is 40.1 Å². The van der Waals surface area contributed by atoms with Crippen LogP contribution >= 0.6 is 0 Å². The molecule has 0 bridgehead atoms. The molecule has 0 aliphatic heterocycles. The van der Waals surface area contributed by atoms with Crippen molar-refractivity contribution < 1.29 is 18.6 Å². The summed E-state index contributed by atoms with van der Waals surface area (Å²) in [5.41, 5.74) is 0.953. The van der Waals surface area contributed by atoms with Gasteiger partial charge in [-0.1, -0.05) is 31.5 Å². The molecular weight excluding hydrogens is 276 g/mol. The maximum absolute atomic E-state index is 12.6. The molecule has 4 nitrogen and oxygen atoms in total. The molecule has 0 fully saturated rings. The van der Waals surface area contributed by atoms with Gasteiger partial charge in [0, 0.05) is 0 Å². The minimum Gasteiger partial charge on any atom is -0.389 e. The number of aryl methyl sites for hydroxylation is 1. The molecule has 0 saturated heterocycles. The molecule has 2 atom stereocenters. The number of rotatable bonds is 5. The van der Waals surface area contributed by atoms with E-state index in [2.05, 4.69) is 0 Å². The summed E-state index contributed by atoms with van der Waals surface area (Å²) < 4.78 is 25.2. The molecule has 112 valence electrons. The zero-order valence-corrected chi connectivity index (χ0v) is 13.1. The van der Waals surface area contributed by atoms with Crippen LogP contribution in [-0.4, -0.2) is 30.8 Å². The molecule has 0 aliphatic rings. The normalized spacial score (nSPS) is 16.2. The number of benzene rings is 1. The standard InChI is InChI=1S/C15H22O4S/c1-10(2)15(17)14(9-12(4)16)20(18,19)13-7-5-11(3)6-8-13/h5-10,12,15-17H,1-4H3/b14-9+. The van der Waals surface area contributed by atoms with E-state index in [0.29, 0.717) is 0 Å². The zero-order chi connectivity index (χ0) is 15.5. The fraction of sp³-hybridized carbons (Fsp3) is 0.467. The Bertz CT molecular complexity index is 568. The predicted molar refractivity (Wildman–Crippen MR) is 79.0 cm³/mol. The van der Waals surface area contributed by atoms with E-state index in [1.54, 1.807) is 26.0 Å². The first kappa shape index (κ1) is 16.9. The molecular formula is C15H22O4S. The molecule has 1 aromatic carbocycles. The summed E-state index contributed by atoms with van der Waals surface area (Å²) in [6.45, 7) is 6.78. The monoisotopic (exact) mass is 298 g/mol. The molecule has 2 N–H and O–H groups in total.